The van der Waals surface area contributed by atoms with E-state index in [2.05, 4.69) is 30.5 Å². The van der Waals surface area contributed by atoms with Gasteiger partial charge in [-0.25, -0.2) is 20.4 Å². The lowest BCUT2D eigenvalue weighted by Crippen LogP contribution is -2.33. The first-order valence-corrected chi connectivity index (χ1v) is 8.40. The zero-order chi connectivity index (χ0) is 19.7. The van der Waals surface area contributed by atoms with Gasteiger partial charge in [-0.3, -0.25) is 9.55 Å². The number of nitrogens with zero attached hydrogens (tertiary/aromatic N) is 6. The second-order valence-electron chi connectivity index (χ2n) is 6.12. The summed E-state index contributed by atoms with van der Waals surface area (Å²) >= 11 is 0. The molecule has 0 bridgehead atoms. The number of hydrazone groups is 1. The predicted molar refractivity (Wildman–Crippen MR) is 98.2 cm³/mol. The summed E-state index contributed by atoms with van der Waals surface area (Å²) in [6.45, 7) is -0.457. The monoisotopic (exact) mass is 386 g/mol. The Bertz CT molecular complexity index is 995. The molecule has 1 fully saturated rings. The fraction of sp³-hybridized carbons (Fsp3) is 0.312. The number of fused-ring (bicyclic) bond motifs is 1. The topological polar surface area (TPSA) is 177 Å². The normalized spacial score (nSPS) is 25.0. The van der Waals surface area contributed by atoms with Crippen molar-refractivity contribution in [2.24, 2.45) is 5.10 Å². The highest BCUT2D eigenvalue weighted by molar-refractivity contribution is 5.84. The third kappa shape index (κ3) is 3.14. The van der Waals surface area contributed by atoms with Gasteiger partial charge in [-0.15, -0.1) is 0 Å². The van der Waals surface area contributed by atoms with Crippen molar-refractivity contribution in [3.8, 4) is 0 Å². The first-order valence-electron chi connectivity index (χ1n) is 8.40. The van der Waals surface area contributed by atoms with Crippen LogP contribution in [0.2, 0.25) is 0 Å². The number of anilines is 2. The molecule has 0 radical (unpaired) electrons. The Labute approximate surface area is 158 Å². The molecule has 0 aromatic carbocycles. The minimum absolute atomic E-state index is 0.136. The Morgan fingerprint density at radius 1 is 1.25 bits per heavy atom. The van der Waals surface area contributed by atoms with Crippen LogP contribution in [0.5, 0.6) is 0 Å². The van der Waals surface area contributed by atoms with Crippen LogP contribution in [0.1, 0.15) is 11.8 Å². The number of hydrogen-bond acceptors (Lipinski definition) is 11. The summed E-state index contributed by atoms with van der Waals surface area (Å²) in [5.41, 5.74) is 10.0. The van der Waals surface area contributed by atoms with Crippen LogP contribution >= 0.6 is 0 Å². The molecule has 4 atom stereocenters. The molecule has 12 nitrogen and oxygen atoms in total. The van der Waals surface area contributed by atoms with E-state index in [0.29, 0.717) is 0 Å². The Kier molecular flexibility index (Phi) is 4.83. The average molecular weight is 386 g/mol. The second-order valence-corrected chi connectivity index (χ2v) is 6.12. The molecule has 12 heteroatoms. The van der Waals surface area contributed by atoms with Gasteiger partial charge in [0.2, 0.25) is 5.95 Å². The summed E-state index contributed by atoms with van der Waals surface area (Å²) in [7, 11) is 0. The maximum Gasteiger partial charge on any atom is 0.228 e. The van der Waals surface area contributed by atoms with Crippen molar-refractivity contribution in [3.63, 3.8) is 0 Å². The van der Waals surface area contributed by atoms with Gasteiger partial charge in [-0.2, -0.15) is 5.10 Å². The van der Waals surface area contributed by atoms with E-state index in [4.69, 9.17) is 10.5 Å². The van der Waals surface area contributed by atoms with Gasteiger partial charge < -0.3 is 25.8 Å². The van der Waals surface area contributed by atoms with Crippen LogP contribution < -0.4 is 11.2 Å². The SMILES string of the molecule is Nc1ncnc2c1nc(N/N=C/c1ccncc1)n2[C@@H]1O[C@H](CO)[C@@H](O)[C@H]1O. The van der Waals surface area contributed by atoms with Crippen molar-refractivity contribution in [1.29, 1.82) is 0 Å². The van der Waals surface area contributed by atoms with Gasteiger partial charge in [-0.05, 0) is 17.7 Å². The lowest BCUT2D eigenvalue weighted by molar-refractivity contribution is -0.0501. The van der Waals surface area contributed by atoms with E-state index in [1.807, 2.05) is 0 Å². The summed E-state index contributed by atoms with van der Waals surface area (Å²) in [6.07, 6.45) is 1.45. The van der Waals surface area contributed by atoms with Gasteiger partial charge in [0.15, 0.2) is 23.2 Å². The van der Waals surface area contributed by atoms with E-state index in [1.54, 1.807) is 30.7 Å². The second kappa shape index (κ2) is 7.44. The fourth-order valence-corrected chi connectivity index (χ4v) is 2.95. The van der Waals surface area contributed by atoms with Crippen molar-refractivity contribution in [2.75, 3.05) is 17.8 Å². The van der Waals surface area contributed by atoms with Crippen LogP contribution in [0.4, 0.5) is 11.8 Å². The molecule has 0 amide bonds. The Balaban J connectivity index is 1.73. The van der Waals surface area contributed by atoms with E-state index in [9.17, 15) is 15.3 Å². The standard InChI is InChI=1S/C16H18N8O4/c17-13-10-14(20-7-19-13)24(15-12(27)11(26)9(6-25)28-15)16(22-10)23-21-5-8-1-3-18-4-2-8/h1-5,7,9,11-12,15,25-27H,6H2,(H,22,23)(H2,17,19,20)/b21-5+/t9-,11-,12-,15-/m1/s1. The minimum Gasteiger partial charge on any atom is -0.394 e. The maximum absolute atomic E-state index is 10.4. The number of nitrogens with one attached hydrogen (secondary N) is 1. The van der Waals surface area contributed by atoms with Crippen molar-refractivity contribution in [1.82, 2.24) is 24.5 Å². The molecule has 1 aliphatic heterocycles. The number of ether oxygens (including phenoxy) is 1. The molecule has 0 spiro atoms. The van der Waals surface area contributed by atoms with Crippen LogP contribution in [0.15, 0.2) is 36.0 Å². The van der Waals surface area contributed by atoms with Crippen LogP contribution in [0.3, 0.4) is 0 Å². The van der Waals surface area contributed by atoms with Gasteiger partial charge in [0.25, 0.3) is 0 Å². The molecule has 28 heavy (non-hydrogen) atoms. The molecule has 0 aliphatic carbocycles. The molecule has 4 rings (SSSR count). The maximum atomic E-state index is 10.4. The molecule has 1 aliphatic rings. The summed E-state index contributed by atoms with van der Waals surface area (Å²) in [5, 5.41) is 34.0. The fourth-order valence-electron chi connectivity index (χ4n) is 2.95. The number of aromatic nitrogens is 5. The van der Waals surface area contributed by atoms with Gasteiger partial charge in [-0.1, -0.05) is 0 Å². The third-order valence-corrected chi connectivity index (χ3v) is 4.36. The lowest BCUT2D eigenvalue weighted by atomic mass is 10.1. The largest absolute Gasteiger partial charge is 0.394 e. The number of aliphatic hydroxyl groups excluding tert-OH is 3. The number of aliphatic hydroxyl groups is 3. The summed E-state index contributed by atoms with van der Waals surface area (Å²) in [5.74, 6) is 0.305. The minimum atomic E-state index is -1.32. The molecule has 3 aromatic heterocycles. The number of nitrogens with two attached hydrogens (primary N) is 1. The molecule has 0 saturated carbocycles. The summed E-state index contributed by atoms with van der Waals surface area (Å²) in [6, 6.07) is 3.54. The Morgan fingerprint density at radius 3 is 2.75 bits per heavy atom. The molecule has 0 unspecified atom stereocenters. The van der Waals surface area contributed by atoms with Crippen LogP contribution in [-0.2, 0) is 4.74 Å². The quantitative estimate of drug-likeness (QED) is 0.266. The average Bonchev–Trinajstić information content (AvgIpc) is 3.21. The zero-order valence-corrected chi connectivity index (χ0v) is 14.5. The van der Waals surface area contributed by atoms with Gasteiger partial charge in [0.05, 0.1) is 12.8 Å². The number of rotatable bonds is 5. The molecule has 6 N–H and O–H groups in total. The van der Waals surface area contributed by atoms with Crippen molar-refractivity contribution < 1.29 is 20.1 Å². The summed E-state index contributed by atoms with van der Waals surface area (Å²) in [4.78, 5) is 16.3. The number of nitrogen functional groups attached to an aromatic ring is 1. The van der Waals surface area contributed by atoms with Gasteiger partial charge >= 0.3 is 0 Å². The van der Waals surface area contributed by atoms with Gasteiger partial charge in [0, 0.05) is 12.4 Å². The third-order valence-electron chi connectivity index (χ3n) is 4.36. The first-order chi connectivity index (χ1) is 13.6. The number of imidazole rings is 1. The summed E-state index contributed by atoms with van der Waals surface area (Å²) < 4.78 is 7.02. The van der Waals surface area contributed by atoms with Gasteiger partial charge in [0.1, 0.15) is 24.6 Å². The lowest BCUT2D eigenvalue weighted by Gasteiger charge is -2.18. The van der Waals surface area contributed by atoms with E-state index < -0.39 is 31.1 Å². The zero-order valence-electron chi connectivity index (χ0n) is 14.5. The smallest absolute Gasteiger partial charge is 0.228 e. The predicted octanol–water partition coefficient (Wildman–Crippen LogP) is -1.14. The van der Waals surface area contributed by atoms with E-state index in [0.717, 1.165) is 5.56 Å². The van der Waals surface area contributed by atoms with Crippen molar-refractivity contribution in [3.05, 3.63) is 36.4 Å². The van der Waals surface area contributed by atoms with Crippen LogP contribution in [0, 0.1) is 0 Å². The molecular weight excluding hydrogens is 368 g/mol. The Hall–Kier alpha value is -3.19. The van der Waals surface area contributed by atoms with Crippen molar-refractivity contribution in [2.45, 2.75) is 24.5 Å². The number of hydrogen-bond donors (Lipinski definition) is 5. The first kappa shape index (κ1) is 18.2. The molecule has 146 valence electrons. The Morgan fingerprint density at radius 2 is 2.04 bits per heavy atom. The van der Waals surface area contributed by atoms with Crippen LogP contribution in [0.25, 0.3) is 11.2 Å². The van der Waals surface area contributed by atoms with Crippen LogP contribution in [-0.4, -0.2) is 71.0 Å². The molecule has 3 aromatic rings. The number of pyridine rings is 1. The molecular formula is C16H18N8O4. The highest BCUT2D eigenvalue weighted by Gasteiger charge is 2.45. The highest BCUT2D eigenvalue weighted by Crippen LogP contribution is 2.35. The molecule has 1 saturated heterocycles. The van der Waals surface area contributed by atoms with E-state index in [1.165, 1.54) is 10.9 Å². The molecule has 4 heterocycles. The van der Waals surface area contributed by atoms with E-state index in [-0.39, 0.29) is 22.9 Å². The van der Waals surface area contributed by atoms with E-state index >= 15 is 0 Å². The highest BCUT2D eigenvalue weighted by atomic mass is 16.6. The van der Waals surface area contributed by atoms with Crippen molar-refractivity contribution >= 4 is 29.1 Å².